The van der Waals surface area contributed by atoms with E-state index < -0.39 is 6.17 Å². The summed E-state index contributed by atoms with van der Waals surface area (Å²) in [5, 5.41) is 6.93. The number of nitrogens with zero attached hydrogens (tertiary/aromatic N) is 1. The molecule has 2 N–H and O–H groups in total. The Balaban J connectivity index is 1.52. The lowest BCUT2D eigenvalue weighted by atomic mass is 9.85. The fraction of sp³-hybridized carbons (Fsp3) is 0.955. The fourth-order valence-corrected chi connectivity index (χ4v) is 5.15. The summed E-state index contributed by atoms with van der Waals surface area (Å²) in [6, 6.07) is 0.213. The van der Waals surface area contributed by atoms with Crippen molar-refractivity contribution in [3.05, 3.63) is 0 Å². The van der Waals surface area contributed by atoms with Crippen LogP contribution in [0.2, 0.25) is 0 Å². The molecule has 2 unspecified atom stereocenters. The summed E-state index contributed by atoms with van der Waals surface area (Å²) in [5.41, 5.74) is 0. The Hall–Kier alpha value is -0.720. The molecule has 28 heavy (non-hydrogen) atoms. The number of halogens is 1. The molecule has 6 heteroatoms. The third-order valence-corrected chi connectivity index (χ3v) is 6.71. The summed E-state index contributed by atoms with van der Waals surface area (Å²) >= 11 is 0. The van der Waals surface area contributed by atoms with Crippen LogP contribution in [0.1, 0.15) is 78.1 Å². The van der Waals surface area contributed by atoms with E-state index in [2.05, 4.69) is 10.6 Å². The molecule has 0 radical (unpaired) electrons. The zero-order valence-electron chi connectivity index (χ0n) is 17.8. The van der Waals surface area contributed by atoms with E-state index in [4.69, 9.17) is 4.74 Å². The van der Waals surface area contributed by atoms with Crippen LogP contribution in [0.4, 0.5) is 4.39 Å². The minimum Gasteiger partial charge on any atom is -0.372 e. The molecule has 0 aromatic rings. The molecule has 1 amide bonds. The Labute approximate surface area is 170 Å². The smallest absolute Gasteiger partial charge is 0.239 e. The van der Waals surface area contributed by atoms with Crippen LogP contribution in [0, 0.1) is 5.92 Å². The van der Waals surface area contributed by atoms with Crippen molar-refractivity contribution in [2.75, 3.05) is 19.8 Å². The fourth-order valence-electron chi connectivity index (χ4n) is 5.15. The van der Waals surface area contributed by atoms with Gasteiger partial charge in [0.2, 0.25) is 5.91 Å². The first kappa shape index (κ1) is 22.0. The molecule has 0 aromatic carbocycles. The summed E-state index contributed by atoms with van der Waals surface area (Å²) in [4.78, 5) is 14.8. The van der Waals surface area contributed by atoms with Gasteiger partial charge in [-0.05, 0) is 45.4 Å². The number of ether oxygens (including phenoxy) is 1. The van der Waals surface area contributed by atoms with E-state index in [1.165, 1.54) is 51.4 Å². The Morgan fingerprint density at radius 1 is 1.04 bits per heavy atom. The Morgan fingerprint density at radius 3 is 2.36 bits per heavy atom. The number of amides is 1. The second-order valence-corrected chi connectivity index (χ2v) is 9.25. The van der Waals surface area contributed by atoms with Crippen molar-refractivity contribution in [2.24, 2.45) is 5.92 Å². The Morgan fingerprint density at radius 2 is 1.71 bits per heavy atom. The molecule has 4 atom stereocenters. The predicted octanol–water partition coefficient (Wildman–Crippen LogP) is 3.38. The lowest BCUT2D eigenvalue weighted by Gasteiger charge is -2.40. The quantitative estimate of drug-likeness (QED) is 0.764. The lowest BCUT2D eigenvalue weighted by molar-refractivity contribution is -0.141. The van der Waals surface area contributed by atoms with Gasteiger partial charge in [0.1, 0.15) is 6.17 Å². The second-order valence-electron chi connectivity index (χ2n) is 9.25. The number of hydrogen-bond donors (Lipinski definition) is 2. The van der Waals surface area contributed by atoms with Gasteiger partial charge in [0.25, 0.3) is 0 Å². The zero-order valence-corrected chi connectivity index (χ0v) is 17.8. The monoisotopic (exact) mass is 397 g/mol. The molecular weight excluding hydrogens is 357 g/mol. The molecule has 0 aromatic heterocycles. The van der Waals surface area contributed by atoms with Gasteiger partial charge in [0.15, 0.2) is 0 Å². The highest BCUT2D eigenvalue weighted by Gasteiger charge is 2.37. The minimum absolute atomic E-state index is 0.0188. The van der Waals surface area contributed by atoms with Crippen LogP contribution < -0.4 is 10.6 Å². The van der Waals surface area contributed by atoms with E-state index in [9.17, 15) is 9.18 Å². The average Bonchev–Trinajstić information content (AvgIpc) is 2.83. The molecule has 3 fully saturated rings. The maximum atomic E-state index is 14.5. The van der Waals surface area contributed by atoms with Crippen molar-refractivity contribution in [3.8, 4) is 0 Å². The standard InChI is InChI=1S/C22H40FN3O2/c1-16(2)28-21-11-12-26(14-18(21)23)22(27)20-13-19(24-15-25-20)17-9-7-5-3-4-6-8-10-17/h16-21,24-25H,3-15H2,1-2H3/t18-,19?,20?,21+/m1/s1. The lowest BCUT2D eigenvalue weighted by Crippen LogP contribution is -2.60. The van der Waals surface area contributed by atoms with Crippen LogP contribution in [0.5, 0.6) is 0 Å². The minimum atomic E-state index is -1.09. The van der Waals surface area contributed by atoms with E-state index in [-0.39, 0.29) is 30.7 Å². The average molecular weight is 398 g/mol. The van der Waals surface area contributed by atoms with Gasteiger partial charge in [-0.2, -0.15) is 0 Å². The normalized spacial score (nSPS) is 33.9. The largest absolute Gasteiger partial charge is 0.372 e. The van der Waals surface area contributed by atoms with Crippen molar-refractivity contribution in [3.63, 3.8) is 0 Å². The van der Waals surface area contributed by atoms with Gasteiger partial charge >= 0.3 is 0 Å². The van der Waals surface area contributed by atoms with Crippen LogP contribution in [0.25, 0.3) is 0 Å². The highest BCUT2D eigenvalue weighted by atomic mass is 19.1. The van der Waals surface area contributed by atoms with Crippen LogP contribution in [-0.2, 0) is 9.53 Å². The number of piperidine rings is 1. The number of likely N-dealkylation sites (tertiary alicyclic amines) is 1. The van der Waals surface area contributed by atoms with Gasteiger partial charge < -0.3 is 15.0 Å². The van der Waals surface area contributed by atoms with Crippen molar-refractivity contribution < 1.29 is 13.9 Å². The van der Waals surface area contributed by atoms with Gasteiger partial charge in [-0.15, -0.1) is 0 Å². The number of rotatable bonds is 4. The summed E-state index contributed by atoms with van der Waals surface area (Å²) < 4.78 is 20.2. The summed E-state index contributed by atoms with van der Waals surface area (Å²) in [6.45, 7) is 5.29. The van der Waals surface area contributed by atoms with Gasteiger partial charge in [0.05, 0.1) is 24.8 Å². The highest BCUT2D eigenvalue weighted by molar-refractivity contribution is 5.82. The number of nitrogens with one attached hydrogen (secondary N) is 2. The van der Waals surface area contributed by atoms with Crippen LogP contribution in [0.15, 0.2) is 0 Å². The van der Waals surface area contributed by atoms with Gasteiger partial charge in [0, 0.05) is 19.3 Å². The molecule has 2 aliphatic heterocycles. The van der Waals surface area contributed by atoms with Crippen molar-refractivity contribution >= 4 is 5.91 Å². The summed E-state index contributed by atoms with van der Waals surface area (Å²) in [5.74, 6) is 0.731. The number of carbonyl (C=O) groups is 1. The molecule has 2 heterocycles. The van der Waals surface area contributed by atoms with Gasteiger partial charge in [-0.3, -0.25) is 10.1 Å². The third kappa shape index (κ3) is 6.14. The maximum Gasteiger partial charge on any atom is 0.239 e. The van der Waals surface area contributed by atoms with E-state index in [0.717, 1.165) is 6.42 Å². The zero-order chi connectivity index (χ0) is 19.9. The van der Waals surface area contributed by atoms with Crippen LogP contribution in [0.3, 0.4) is 0 Å². The van der Waals surface area contributed by atoms with Crippen molar-refractivity contribution in [1.82, 2.24) is 15.5 Å². The van der Waals surface area contributed by atoms with E-state index in [1.54, 1.807) is 4.90 Å². The predicted molar refractivity (Wildman–Crippen MR) is 110 cm³/mol. The molecular formula is C22H40FN3O2. The first-order valence-corrected chi connectivity index (χ1v) is 11.6. The molecule has 1 aliphatic carbocycles. The SMILES string of the molecule is CC(C)O[C@H]1CCN(C(=O)C2CC(C3CCCCCCCC3)NCN2)C[C@H]1F. The van der Waals surface area contributed by atoms with Crippen LogP contribution >= 0.6 is 0 Å². The van der Waals surface area contributed by atoms with E-state index in [0.29, 0.717) is 31.6 Å². The highest BCUT2D eigenvalue weighted by Crippen LogP contribution is 2.28. The maximum absolute atomic E-state index is 14.5. The Bertz CT molecular complexity index is 480. The van der Waals surface area contributed by atoms with Gasteiger partial charge in [-0.25, -0.2) is 4.39 Å². The first-order valence-electron chi connectivity index (χ1n) is 11.6. The first-order chi connectivity index (χ1) is 13.5. The molecule has 0 bridgehead atoms. The van der Waals surface area contributed by atoms with Crippen LogP contribution in [-0.4, -0.2) is 61.0 Å². The molecule has 0 spiro atoms. The number of alkyl halides is 1. The molecule has 1 saturated carbocycles. The second kappa shape index (κ2) is 10.9. The Kier molecular flexibility index (Phi) is 8.54. The third-order valence-electron chi connectivity index (χ3n) is 6.71. The molecule has 2 saturated heterocycles. The summed E-state index contributed by atoms with van der Waals surface area (Å²) in [7, 11) is 0. The summed E-state index contributed by atoms with van der Waals surface area (Å²) in [6.07, 6.45) is 10.5. The van der Waals surface area contributed by atoms with E-state index >= 15 is 0 Å². The van der Waals surface area contributed by atoms with Gasteiger partial charge in [-0.1, -0.05) is 38.5 Å². The number of hydrogen-bond acceptors (Lipinski definition) is 4. The molecule has 3 rings (SSSR count). The van der Waals surface area contributed by atoms with Crippen molar-refractivity contribution in [2.45, 2.75) is 109 Å². The molecule has 162 valence electrons. The topological polar surface area (TPSA) is 53.6 Å². The molecule has 3 aliphatic rings. The van der Waals surface area contributed by atoms with E-state index in [1.807, 2.05) is 13.8 Å². The molecule has 5 nitrogen and oxygen atoms in total. The van der Waals surface area contributed by atoms with Crippen molar-refractivity contribution in [1.29, 1.82) is 0 Å². The number of carbonyl (C=O) groups excluding carboxylic acids is 1.